The summed E-state index contributed by atoms with van der Waals surface area (Å²) in [6.07, 6.45) is 1.65. The Morgan fingerprint density at radius 3 is 2.80 bits per heavy atom. The Bertz CT molecular complexity index is 765. The molecule has 1 saturated heterocycles. The molecule has 3 unspecified atom stereocenters. The number of carbonyl (C=O) groups excluding carboxylic acids is 2. The van der Waals surface area contributed by atoms with Crippen LogP contribution in [0.25, 0.3) is 0 Å². The van der Waals surface area contributed by atoms with E-state index < -0.39 is 33.1 Å². The Morgan fingerprint density at radius 1 is 1.36 bits per heavy atom. The topological polar surface area (TPSA) is 116 Å². The number of nitrogens with one attached hydrogen (secondary N) is 1. The van der Waals surface area contributed by atoms with Gasteiger partial charge in [0.25, 0.3) is 0 Å². The van der Waals surface area contributed by atoms with E-state index in [1.165, 1.54) is 0 Å². The molecule has 0 radical (unpaired) electrons. The van der Waals surface area contributed by atoms with E-state index in [4.69, 9.17) is 10.5 Å². The number of hydrogen-bond acceptors (Lipinski definition) is 6. The highest BCUT2D eigenvalue weighted by molar-refractivity contribution is 7.90. The van der Waals surface area contributed by atoms with Crippen molar-refractivity contribution < 1.29 is 22.7 Å². The second-order valence-electron chi connectivity index (χ2n) is 6.72. The molecule has 1 amide bonds. The van der Waals surface area contributed by atoms with Crippen LogP contribution in [0, 0.1) is 0 Å². The molecule has 1 aromatic rings. The monoisotopic (exact) mass is 366 g/mol. The molecule has 136 valence electrons. The van der Waals surface area contributed by atoms with Gasteiger partial charge in [-0.05, 0) is 24.8 Å². The summed E-state index contributed by atoms with van der Waals surface area (Å²) in [4.78, 5) is 24.6. The van der Waals surface area contributed by atoms with E-state index in [9.17, 15) is 18.0 Å². The van der Waals surface area contributed by atoms with Crippen molar-refractivity contribution in [2.24, 2.45) is 5.73 Å². The van der Waals surface area contributed by atoms with Crippen LogP contribution < -0.4 is 11.1 Å². The molecule has 7 nitrogen and oxygen atoms in total. The molecule has 3 N–H and O–H groups in total. The van der Waals surface area contributed by atoms with Crippen molar-refractivity contribution in [2.75, 3.05) is 12.4 Å². The molecule has 2 fully saturated rings. The van der Waals surface area contributed by atoms with Gasteiger partial charge in [0.1, 0.15) is 12.1 Å². The van der Waals surface area contributed by atoms with Crippen LogP contribution >= 0.6 is 0 Å². The Hall–Kier alpha value is -1.77. The molecule has 1 heterocycles. The van der Waals surface area contributed by atoms with Crippen molar-refractivity contribution in [2.45, 2.75) is 42.7 Å². The first-order valence-corrected chi connectivity index (χ1v) is 10.1. The zero-order chi connectivity index (χ0) is 18.1. The fraction of sp³-hybridized carbons (Fsp3) is 0.529. The molecule has 1 aliphatic carbocycles. The SMILES string of the molecule is NC(CS(=O)(=O)Cc1ccccc1)C(=O)NC12CCCC1OCC2=O. The number of ether oxygens (including phenoxy) is 1. The van der Waals surface area contributed by atoms with E-state index >= 15 is 0 Å². The van der Waals surface area contributed by atoms with Crippen LogP contribution in [-0.4, -0.2) is 50.2 Å². The first-order valence-electron chi connectivity index (χ1n) is 8.29. The number of benzene rings is 1. The summed E-state index contributed by atoms with van der Waals surface area (Å²) in [5.41, 5.74) is 5.43. The van der Waals surface area contributed by atoms with E-state index in [-0.39, 0.29) is 24.2 Å². The van der Waals surface area contributed by atoms with Gasteiger partial charge in [-0.25, -0.2) is 8.42 Å². The van der Waals surface area contributed by atoms with Gasteiger partial charge in [-0.1, -0.05) is 30.3 Å². The molecule has 0 spiro atoms. The molecular formula is C17H22N2O5S. The number of sulfone groups is 1. The Morgan fingerprint density at radius 2 is 2.08 bits per heavy atom. The van der Waals surface area contributed by atoms with Gasteiger partial charge in [0.15, 0.2) is 15.6 Å². The molecule has 0 bridgehead atoms. The second-order valence-corrected chi connectivity index (χ2v) is 8.83. The van der Waals surface area contributed by atoms with Crippen molar-refractivity contribution in [1.82, 2.24) is 5.32 Å². The van der Waals surface area contributed by atoms with E-state index in [2.05, 4.69) is 5.32 Å². The fourth-order valence-corrected chi connectivity index (χ4v) is 5.10. The maximum absolute atomic E-state index is 12.4. The van der Waals surface area contributed by atoms with E-state index in [0.717, 1.165) is 6.42 Å². The highest BCUT2D eigenvalue weighted by Crippen LogP contribution is 2.37. The average Bonchev–Trinajstić information content (AvgIpc) is 3.08. The van der Waals surface area contributed by atoms with Crippen molar-refractivity contribution in [3.05, 3.63) is 35.9 Å². The molecule has 25 heavy (non-hydrogen) atoms. The predicted molar refractivity (Wildman–Crippen MR) is 91.4 cm³/mol. The van der Waals surface area contributed by atoms with Gasteiger partial charge >= 0.3 is 0 Å². The van der Waals surface area contributed by atoms with Crippen molar-refractivity contribution in [1.29, 1.82) is 0 Å². The van der Waals surface area contributed by atoms with E-state index in [1.807, 2.05) is 0 Å². The van der Waals surface area contributed by atoms with E-state index in [0.29, 0.717) is 18.4 Å². The lowest BCUT2D eigenvalue weighted by Crippen LogP contribution is -2.60. The Balaban J connectivity index is 1.64. The third-order valence-corrected chi connectivity index (χ3v) is 6.49. The number of nitrogens with two attached hydrogens (primary N) is 1. The fourth-order valence-electron chi connectivity index (χ4n) is 3.58. The number of hydrogen-bond donors (Lipinski definition) is 2. The summed E-state index contributed by atoms with van der Waals surface area (Å²) in [6, 6.07) is 7.50. The summed E-state index contributed by atoms with van der Waals surface area (Å²) >= 11 is 0. The van der Waals surface area contributed by atoms with Crippen LogP contribution in [0.3, 0.4) is 0 Å². The molecule has 3 rings (SSSR count). The standard InChI is InChI=1S/C17H22N2O5S/c18-13(11-25(22,23)10-12-5-2-1-3-6-12)16(21)19-17-8-4-7-15(17)24-9-14(17)20/h1-3,5-6,13,15H,4,7-11,18H2,(H,19,21). The summed E-state index contributed by atoms with van der Waals surface area (Å²) in [5, 5.41) is 2.69. The maximum Gasteiger partial charge on any atom is 0.238 e. The molecule has 1 aliphatic heterocycles. The lowest BCUT2D eigenvalue weighted by Gasteiger charge is -2.28. The first-order chi connectivity index (χ1) is 11.8. The maximum atomic E-state index is 12.4. The average molecular weight is 366 g/mol. The minimum absolute atomic E-state index is 0.0213. The zero-order valence-corrected chi connectivity index (χ0v) is 14.6. The van der Waals surface area contributed by atoms with Crippen LogP contribution in [0.15, 0.2) is 30.3 Å². The van der Waals surface area contributed by atoms with Crippen LogP contribution in [0.1, 0.15) is 24.8 Å². The van der Waals surface area contributed by atoms with Crippen molar-refractivity contribution in [3.63, 3.8) is 0 Å². The lowest BCUT2D eigenvalue weighted by molar-refractivity contribution is -0.130. The lowest BCUT2D eigenvalue weighted by atomic mass is 9.92. The van der Waals surface area contributed by atoms with Gasteiger partial charge in [-0.2, -0.15) is 0 Å². The number of Topliss-reactive ketones (excluding diaryl/α,β-unsaturated/α-hetero) is 1. The second kappa shape index (κ2) is 6.86. The Labute approximate surface area is 146 Å². The summed E-state index contributed by atoms with van der Waals surface area (Å²) in [6.45, 7) is -0.0213. The highest BCUT2D eigenvalue weighted by atomic mass is 32.2. The number of rotatable bonds is 6. The number of amides is 1. The largest absolute Gasteiger partial charge is 0.367 e. The molecular weight excluding hydrogens is 344 g/mol. The number of fused-ring (bicyclic) bond motifs is 1. The Kier molecular flexibility index (Phi) is 4.95. The minimum Gasteiger partial charge on any atom is -0.367 e. The third kappa shape index (κ3) is 3.75. The van der Waals surface area contributed by atoms with Crippen LogP contribution in [0.2, 0.25) is 0 Å². The van der Waals surface area contributed by atoms with Crippen molar-refractivity contribution in [3.8, 4) is 0 Å². The van der Waals surface area contributed by atoms with Crippen LogP contribution in [0.5, 0.6) is 0 Å². The van der Waals surface area contributed by atoms with Gasteiger partial charge in [-0.3, -0.25) is 9.59 Å². The molecule has 1 saturated carbocycles. The predicted octanol–water partition coefficient (Wildman–Crippen LogP) is -0.0645. The molecule has 8 heteroatoms. The van der Waals surface area contributed by atoms with Crippen LogP contribution in [-0.2, 0) is 29.9 Å². The zero-order valence-electron chi connectivity index (χ0n) is 13.8. The third-order valence-electron chi connectivity index (χ3n) is 4.85. The minimum atomic E-state index is -3.55. The number of carbonyl (C=O) groups is 2. The van der Waals surface area contributed by atoms with Gasteiger partial charge < -0.3 is 15.8 Å². The highest BCUT2D eigenvalue weighted by Gasteiger charge is 2.55. The molecule has 3 atom stereocenters. The summed E-state index contributed by atoms with van der Waals surface area (Å²) in [5.74, 6) is -1.43. The van der Waals surface area contributed by atoms with Gasteiger partial charge in [-0.15, -0.1) is 0 Å². The smallest absolute Gasteiger partial charge is 0.238 e. The van der Waals surface area contributed by atoms with Gasteiger partial charge in [0, 0.05) is 0 Å². The normalized spacial score (nSPS) is 27.1. The summed E-state index contributed by atoms with van der Waals surface area (Å²) in [7, 11) is -3.55. The summed E-state index contributed by atoms with van der Waals surface area (Å²) < 4.78 is 30.0. The molecule has 0 aromatic heterocycles. The van der Waals surface area contributed by atoms with E-state index in [1.54, 1.807) is 30.3 Å². The molecule has 1 aromatic carbocycles. The van der Waals surface area contributed by atoms with Gasteiger partial charge in [0.2, 0.25) is 5.91 Å². The number of ketones is 1. The quantitative estimate of drug-likeness (QED) is 0.728. The molecule has 2 aliphatic rings. The van der Waals surface area contributed by atoms with Crippen LogP contribution in [0.4, 0.5) is 0 Å². The first kappa shape index (κ1) is 18.0. The van der Waals surface area contributed by atoms with Gasteiger partial charge in [0.05, 0.1) is 23.7 Å². The van der Waals surface area contributed by atoms with Crippen molar-refractivity contribution >= 4 is 21.5 Å².